The van der Waals surface area contributed by atoms with Crippen molar-refractivity contribution < 1.29 is 0 Å². The van der Waals surface area contributed by atoms with Gasteiger partial charge in [0.2, 0.25) is 0 Å². The van der Waals surface area contributed by atoms with Gasteiger partial charge in [-0.1, -0.05) is 22.9 Å². The highest BCUT2D eigenvalue weighted by Crippen LogP contribution is 2.38. The molecule has 74 valence electrons. The minimum atomic E-state index is 0.740. The molecule has 1 aromatic heterocycles. The van der Waals surface area contributed by atoms with E-state index < -0.39 is 0 Å². The molecule has 0 spiro atoms. The van der Waals surface area contributed by atoms with E-state index in [1.165, 1.54) is 0 Å². The minimum absolute atomic E-state index is 0.740. The topological polar surface area (TPSA) is 24.9 Å². The Morgan fingerprint density at radius 1 is 1.57 bits per heavy atom. The third-order valence-electron chi connectivity index (χ3n) is 1.97. The van der Waals surface area contributed by atoms with Gasteiger partial charge in [-0.05, 0) is 34.5 Å². The predicted octanol–water partition coefficient (Wildman–Crippen LogP) is 4.06. The van der Waals surface area contributed by atoms with Crippen LogP contribution >= 0.6 is 38.9 Å². The molecule has 1 heterocycles. The molecule has 0 amide bonds. The van der Waals surface area contributed by atoms with E-state index in [9.17, 15) is 0 Å². The molecule has 0 saturated carbocycles. The van der Waals surface area contributed by atoms with Gasteiger partial charge in [0.15, 0.2) is 5.13 Å². The number of nitrogens with zero attached hydrogens (tertiary/aromatic N) is 1. The number of thiazole rings is 1. The molecule has 0 aliphatic carbocycles. The molecule has 0 aliphatic heterocycles. The number of halogens is 2. The Morgan fingerprint density at radius 3 is 2.93 bits per heavy atom. The first-order valence-corrected chi connectivity index (χ1v) is 6.05. The Labute approximate surface area is 99.4 Å². The summed E-state index contributed by atoms with van der Waals surface area (Å²) < 4.78 is 1.96. The van der Waals surface area contributed by atoms with E-state index in [0.717, 1.165) is 30.4 Å². The average molecular weight is 292 g/mol. The van der Waals surface area contributed by atoms with Gasteiger partial charge in [0.25, 0.3) is 0 Å². The van der Waals surface area contributed by atoms with Crippen LogP contribution in [0.15, 0.2) is 10.5 Å². The molecule has 0 fully saturated rings. The number of aryl methyl sites for hydroxylation is 1. The maximum absolute atomic E-state index is 6.16. The van der Waals surface area contributed by atoms with Crippen molar-refractivity contribution in [3.8, 4) is 0 Å². The van der Waals surface area contributed by atoms with Crippen LogP contribution in [0.25, 0.3) is 10.2 Å². The largest absolute Gasteiger partial charge is 0.365 e. The Kier molecular flexibility index (Phi) is 2.68. The normalized spacial score (nSPS) is 10.9. The van der Waals surface area contributed by atoms with E-state index in [2.05, 4.69) is 26.2 Å². The van der Waals surface area contributed by atoms with E-state index in [1.807, 2.05) is 20.0 Å². The number of nitrogens with one attached hydrogen (secondary N) is 1. The fourth-order valence-electron chi connectivity index (χ4n) is 1.27. The number of hydrogen-bond donors (Lipinski definition) is 1. The Balaban J connectivity index is 2.84. The first kappa shape index (κ1) is 10.2. The molecule has 2 nitrogen and oxygen atoms in total. The van der Waals surface area contributed by atoms with Gasteiger partial charge < -0.3 is 5.32 Å². The smallest absolute Gasteiger partial charge is 0.183 e. The highest BCUT2D eigenvalue weighted by atomic mass is 79.9. The summed E-state index contributed by atoms with van der Waals surface area (Å²) in [6.45, 7) is 2.03. The second kappa shape index (κ2) is 3.68. The quantitative estimate of drug-likeness (QED) is 0.857. The number of hydrogen-bond acceptors (Lipinski definition) is 3. The first-order chi connectivity index (χ1) is 6.63. The number of rotatable bonds is 1. The van der Waals surface area contributed by atoms with Crippen LogP contribution in [0.3, 0.4) is 0 Å². The SMILES string of the molecule is CNc1nc2c(C)cc(Br)c(Cl)c2s1. The Morgan fingerprint density at radius 2 is 2.29 bits per heavy atom. The van der Waals surface area contributed by atoms with Crippen molar-refractivity contribution in [3.05, 3.63) is 21.1 Å². The van der Waals surface area contributed by atoms with E-state index in [4.69, 9.17) is 11.6 Å². The third-order valence-corrected chi connectivity index (χ3v) is 4.42. The molecule has 1 aromatic carbocycles. The lowest BCUT2D eigenvalue weighted by Gasteiger charge is -1.99. The van der Waals surface area contributed by atoms with Crippen molar-refractivity contribution in [1.29, 1.82) is 0 Å². The predicted molar refractivity (Wildman–Crippen MR) is 66.6 cm³/mol. The van der Waals surface area contributed by atoms with Crippen molar-refractivity contribution in [2.24, 2.45) is 0 Å². The summed E-state index contributed by atoms with van der Waals surface area (Å²) in [5.74, 6) is 0. The van der Waals surface area contributed by atoms with Crippen molar-refractivity contribution in [1.82, 2.24) is 4.98 Å². The highest BCUT2D eigenvalue weighted by Gasteiger charge is 2.11. The van der Waals surface area contributed by atoms with Crippen molar-refractivity contribution in [2.75, 3.05) is 12.4 Å². The molecule has 0 bridgehead atoms. The van der Waals surface area contributed by atoms with Crippen molar-refractivity contribution >= 4 is 54.2 Å². The Bertz CT molecular complexity index is 495. The van der Waals surface area contributed by atoms with Gasteiger partial charge in [-0.15, -0.1) is 0 Å². The fourth-order valence-corrected chi connectivity index (χ4v) is 3.14. The molecular formula is C9H8BrClN2S. The summed E-state index contributed by atoms with van der Waals surface area (Å²) in [6, 6.07) is 1.99. The van der Waals surface area contributed by atoms with Crippen molar-refractivity contribution in [2.45, 2.75) is 6.92 Å². The van der Waals surface area contributed by atoms with E-state index >= 15 is 0 Å². The number of anilines is 1. The highest BCUT2D eigenvalue weighted by molar-refractivity contribution is 9.10. The molecule has 2 aromatic rings. The molecule has 2 rings (SSSR count). The number of aromatic nitrogens is 1. The van der Waals surface area contributed by atoms with Crippen LogP contribution in [0.4, 0.5) is 5.13 Å². The number of fused-ring (bicyclic) bond motifs is 1. The van der Waals surface area contributed by atoms with Gasteiger partial charge in [0.05, 0.1) is 15.2 Å². The van der Waals surface area contributed by atoms with Gasteiger partial charge in [-0.2, -0.15) is 0 Å². The van der Waals surface area contributed by atoms with Crippen LogP contribution in [0.2, 0.25) is 5.02 Å². The molecule has 14 heavy (non-hydrogen) atoms. The van der Waals surface area contributed by atoms with Crippen LogP contribution in [0.5, 0.6) is 0 Å². The van der Waals surface area contributed by atoms with E-state index in [0.29, 0.717) is 0 Å². The summed E-state index contributed by atoms with van der Waals surface area (Å²) >= 11 is 11.2. The molecule has 0 saturated heterocycles. The van der Waals surface area contributed by atoms with Crippen LogP contribution in [-0.2, 0) is 0 Å². The zero-order valence-electron chi connectivity index (χ0n) is 7.69. The Hall–Kier alpha value is -0.320. The molecule has 0 atom stereocenters. The summed E-state index contributed by atoms with van der Waals surface area (Å²) in [7, 11) is 1.86. The van der Waals surface area contributed by atoms with Gasteiger partial charge in [-0.3, -0.25) is 0 Å². The zero-order valence-corrected chi connectivity index (χ0v) is 10.8. The second-order valence-corrected chi connectivity index (χ2v) is 5.17. The molecule has 0 aliphatic rings. The summed E-state index contributed by atoms with van der Waals surface area (Å²) in [4.78, 5) is 4.43. The lowest BCUT2D eigenvalue weighted by atomic mass is 10.2. The summed E-state index contributed by atoms with van der Waals surface area (Å²) in [5.41, 5.74) is 2.11. The van der Waals surface area contributed by atoms with Crippen LogP contribution < -0.4 is 5.32 Å². The molecule has 1 N–H and O–H groups in total. The van der Waals surface area contributed by atoms with Crippen LogP contribution in [0, 0.1) is 6.92 Å². The third kappa shape index (κ3) is 1.51. The van der Waals surface area contributed by atoms with Gasteiger partial charge in [0.1, 0.15) is 0 Å². The first-order valence-electron chi connectivity index (χ1n) is 4.06. The second-order valence-electron chi connectivity index (χ2n) is 2.94. The van der Waals surface area contributed by atoms with Crippen LogP contribution in [0.1, 0.15) is 5.56 Å². The average Bonchev–Trinajstić information content (AvgIpc) is 2.58. The van der Waals surface area contributed by atoms with E-state index in [1.54, 1.807) is 11.3 Å². The van der Waals surface area contributed by atoms with Crippen molar-refractivity contribution in [3.63, 3.8) is 0 Å². The van der Waals surface area contributed by atoms with Gasteiger partial charge in [0, 0.05) is 11.5 Å². The molecular weight excluding hydrogens is 284 g/mol. The van der Waals surface area contributed by atoms with E-state index in [-0.39, 0.29) is 0 Å². The summed E-state index contributed by atoms with van der Waals surface area (Å²) in [5, 5.41) is 4.66. The lowest BCUT2D eigenvalue weighted by Crippen LogP contribution is -1.85. The maximum atomic E-state index is 6.16. The maximum Gasteiger partial charge on any atom is 0.183 e. The molecule has 0 unspecified atom stereocenters. The van der Waals surface area contributed by atoms with Gasteiger partial charge >= 0.3 is 0 Å². The molecule has 0 radical (unpaired) electrons. The lowest BCUT2D eigenvalue weighted by molar-refractivity contribution is 1.38. The van der Waals surface area contributed by atoms with Gasteiger partial charge in [-0.25, -0.2) is 4.98 Å². The zero-order chi connectivity index (χ0) is 10.3. The number of benzene rings is 1. The minimum Gasteiger partial charge on any atom is -0.365 e. The van der Waals surface area contributed by atoms with Crippen LogP contribution in [-0.4, -0.2) is 12.0 Å². The molecule has 5 heteroatoms. The monoisotopic (exact) mass is 290 g/mol. The standard InChI is InChI=1S/C9H8BrClN2S/c1-4-3-5(10)6(11)8-7(4)13-9(12-2)14-8/h3H,1-2H3,(H,12,13). The fraction of sp³-hybridized carbons (Fsp3) is 0.222. The summed E-state index contributed by atoms with van der Waals surface area (Å²) in [6.07, 6.45) is 0.